The van der Waals surface area contributed by atoms with E-state index in [2.05, 4.69) is 12.1 Å². The molecule has 0 aromatic heterocycles. The first-order chi connectivity index (χ1) is 7.76. The lowest BCUT2D eigenvalue weighted by atomic mass is 10.0. The largest absolute Gasteiger partial charge is 0.497 e. The molecule has 0 amide bonds. The first-order valence-electron chi connectivity index (χ1n) is 5.72. The number of benzene rings is 1. The van der Waals surface area contributed by atoms with Crippen molar-refractivity contribution in [3.8, 4) is 5.75 Å². The molecular formula is C13H21NO2. The quantitative estimate of drug-likeness (QED) is 0.719. The van der Waals surface area contributed by atoms with Crippen LogP contribution in [0, 0.1) is 0 Å². The molecule has 90 valence electrons. The molecule has 3 nitrogen and oxygen atoms in total. The molecule has 1 rings (SSSR count). The number of hydrogen-bond acceptors (Lipinski definition) is 3. The Balaban J connectivity index is 2.34. The summed E-state index contributed by atoms with van der Waals surface area (Å²) in [5, 5.41) is 0. The normalized spacial score (nSPS) is 12.4. The van der Waals surface area contributed by atoms with Crippen LogP contribution in [-0.2, 0) is 11.2 Å². The molecule has 0 saturated heterocycles. The zero-order valence-electron chi connectivity index (χ0n) is 10.1. The summed E-state index contributed by atoms with van der Waals surface area (Å²) in [5.74, 6) is 0.881. The summed E-state index contributed by atoms with van der Waals surface area (Å²) in [7, 11) is 1.67. The molecule has 1 aromatic rings. The van der Waals surface area contributed by atoms with Crippen molar-refractivity contribution in [1.29, 1.82) is 0 Å². The van der Waals surface area contributed by atoms with Crippen molar-refractivity contribution < 1.29 is 9.47 Å². The molecule has 0 aliphatic rings. The molecule has 0 aliphatic carbocycles. The topological polar surface area (TPSA) is 44.5 Å². The maximum atomic E-state index is 6.01. The summed E-state index contributed by atoms with van der Waals surface area (Å²) in [6, 6.07) is 8.20. The van der Waals surface area contributed by atoms with E-state index in [0.717, 1.165) is 31.8 Å². The number of methoxy groups -OCH3 is 1. The molecule has 1 aromatic carbocycles. The van der Waals surface area contributed by atoms with Crippen molar-refractivity contribution in [1.82, 2.24) is 0 Å². The molecule has 0 radical (unpaired) electrons. The van der Waals surface area contributed by atoms with Crippen LogP contribution in [0.3, 0.4) is 0 Å². The number of nitrogens with two attached hydrogens (primary N) is 1. The van der Waals surface area contributed by atoms with Gasteiger partial charge in [-0.25, -0.2) is 0 Å². The van der Waals surface area contributed by atoms with Gasteiger partial charge >= 0.3 is 0 Å². The highest BCUT2D eigenvalue weighted by molar-refractivity contribution is 5.27. The smallest absolute Gasteiger partial charge is 0.118 e. The van der Waals surface area contributed by atoms with E-state index in [1.807, 2.05) is 19.1 Å². The van der Waals surface area contributed by atoms with Gasteiger partial charge in [-0.15, -0.1) is 0 Å². The molecule has 1 atom stereocenters. The van der Waals surface area contributed by atoms with Gasteiger partial charge in [0.15, 0.2) is 0 Å². The van der Waals surface area contributed by atoms with Crippen LogP contribution in [0.2, 0.25) is 0 Å². The fourth-order valence-corrected chi connectivity index (χ4v) is 1.55. The standard InChI is InChI=1S/C13H21NO2/c1-3-16-9-8-12(14)10-11-4-6-13(15-2)7-5-11/h4-7,12H,3,8-10,14H2,1-2H3. The minimum atomic E-state index is 0.167. The Kier molecular flexibility index (Phi) is 5.90. The van der Waals surface area contributed by atoms with Gasteiger partial charge in [0, 0.05) is 19.3 Å². The van der Waals surface area contributed by atoms with Gasteiger partial charge in [0.05, 0.1) is 7.11 Å². The van der Waals surface area contributed by atoms with Crippen molar-refractivity contribution in [2.75, 3.05) is 20.3 Å². The molecule has 3 heteroatoms. The van der Waals surface area contributed by atoms with Crippen LogP contribution in [-0.4, -0.2) is 26.4 Å². The van der Waals surface area contributed by atoms with Crippen molar-refractivity contribution in [3.05, 3.63) is 29.8 Å². The first-order valence-corrected chi connectivity index (χ1v) is 5.72. The highest BCUT2D eigenvalue weighted by Gasteiger charge is 2.04. The Bertz CT molecular complexity index is 284. The second-order valence-electron chi connectivity index (χ2n) is 3.80. The summed E-state index contributed by atoms with van der Waals surface area (Å²) in [5.41, 5.74) is 7.25. The second-order valence-corrected chi connectivity index (χ2v) is 3.80. The maximum Gasteiger partial charge on any atom is 0.118 e. The molecule has 0 saturated carbocycles. The zero-order chi connectivity index (χ0) is 11.8. The van der Waals surface area contributed by atoms with Crippen LogP contribution in [0.15, 0.2) is 24.3 Å². The molecule has 0 bridgehead atoms. The van der Waals surface area contributed by atoms with Crippen molar-refractivity contribution in [2.24, 2.45) is 5.73 Å². The highest BCUT2D eigenvalue weighted by atomic mass is 16.5. The molecule has 1 unspecified atom stereocenters. The predicted octanol–water partition coefficient (Wildman–Crippen LogP) is 1.99. The molecule has 16 heavy (non-hydrogen) atoms. The third-order valence-electron chi connectivity index (χ3n) is 2.49. The van der Waals surface area contributed by atoms with Gasteiger partial charge in [-0.3, -0.25) is 0 Å². The average Bonchev–Trinajstić information content (AvgIpc) is 2.30. The number of hydrogen-bond donors (Lipinski definition) is 1. The fraction of sp³-hybridized carbons (Fsp3) is 0.538. The van der Waals surface area contributed by atoms with E-state index in [1.54, 1.807) is 7.11 Å². The molecule has 0 spiro atoms. The molecule has 0 heterocycles. The third-order valence-corrected chi connectivity index (χ3v) is 2.49. The Morgan fingerprint density at radius 3 is 2.50 bits per heavy atom. The number of ether oxygens (including phenoxy) is 2. The lowest BCUT2D eigenvalue weighted by molar-refractivity contribution is 0.140. The zero-order valence-corrected chi connectivity index (χ0v) is 10.1. The van der Waals surface area contributed by atoms with Crippen LogP contribution in [0.4, 0.5) is 0 Å². The van der Waals surface area contributed by atoms with Crippen LogP contribution < -0.4 is 10.5 Å². The van der Waals surface area contributed by atoms with Gasteiger partial charge in [-0.05, 0) is 37.5 Å². The Hall–Kier alpha value is -1.06. The highest BCUT2D eigenvalue weighted by Crippen LogP contribution is 2.12. The van der Waals surface area contributed by atoms with E-state index in [1.165, 1.54) is 5.56 Å². The van der Waals surface area contributed by atoms with Crippen LogP contribution >= 0.6 is 0 Å². The predicted molar refractivity (Wildman–Crippen MR) is 65.8 cm³/mol. The monoisotopic (exact) mass is 223 g/mol. The summed E-state index contributed by atoms with van der Waals surface area (Å²) in [4.78, 5) is 0. The van der Waals surface area contributed by atoms with Crippen molar-refractivity contribution >= 4 is 0 Å². The Morgan fingerprint density at radius 1 is 1.25 bits per heavy atom. The van der Waals surface area contributed by atoms with E-state index in [-0.39, 0.29) is 6.04 Å². The summed E-state index contributed by atoms with van der Waals surface area (Å²) < 4.78 is 10.4. The second kappa shape index (κ2) is 7.25. The SMILES string of the molecule is CCOCCC(N)Cc1ccc(OC)cc1. The maximum absolute atomic E-state index is 6.01. The van der Waals surface area contributed by atoms with E-state index >= 15 is 0 Å². The Labute approximate surface area is 97.6 Å². The van der Waals surface area contributed by atoms with E-state index in [0.29, 0.717) is 0 Å². The molecule has 0 fully saturated rings. The van der Waals surface area contributed by atoms with Gasteiger partial charge < -0.3 is 15.2 Å². The van der Waals surface area contributed by atoms with Gasteiger partial charge in [-0.1, -0.05) is 12.1 Å². The summed E-state index contributed by atoms with van der Waals surface area (Å²) in [6.07, 6.45) is 1.79. The lowest BCUT2D eigenvalue weighted by Crippen LogP contribution is -2.24. The van der Waals surface area contributed by atoms with Gasteiger partial charge in [0.25, 0.3) is 0 Å². The molecule has 0 aliphatic heterocycles. The van der Waals surface area contributed by atoms with E-state index in [4.69, 9.17) is 15.2 Å². The van der Waals surface area contributed by atoms with Crippen LogP contribution in [0.1, 0.15) is 18.9 Å². The number of rotatable bonds is 7. The average molecular weight is 223 g/mol. The van der Waals surface area contributed by atoms with Crippen molar-refractivity contribution in [2.45, 2.75) is 25.8 Å². The minimum absolute atomic E-state index is 0.167. The lowest BCUT2D eigenvalue weighted by Gasteiger charge is -2.11. The van der Waals surface area contributed by atoms with Gasteiger partial charge in [-0.2, -0.15) is 0 Å². The summed E-state index contributed by atoms with van der Waals surface area (Å²) in [6.45, 7) is 3.50. The first kappa shape index (κ1) is 13.0. The fourth-order valence-electron chi connectivity index (χ4n) is 1.55. The summed E-state index contributed by atoms with van der Waals surface area (Å²) >= 11 is 0. The molecule has 2 N–H and O–H groups in total. The van der Waals surface area contributed by atoms with E-state index in [9.17, 15) is 0 Å². The minimum Gasteiger partial charge on any atom is -0.497 e. The van der Waals surface area contributed by atoms with Gasteiger partial charge in [0.2, 0.25) is 0 Å². The van der Waals surface area contributed by atoms with Gasteiger partial charge in [0.1, 0.15) is 5.75 Å². The van der Waals surface area contributed by atoms with Crippen LogP contribution in [0.25, 0.3) is 0 Å². The Morgan fingerprint density at radius 2 is 1.94 bits per heavy atom. The molecular weight excluding hydrogens is 202 g/mol. The van der Waals surface area contributed by atoms with Crippen molar-refractivity contribution in [3.63, 3.8) is 0 Å². The van der Waals surface area contributed by atoms with Crippen LogP contribution in [0.5, 0.6) is 5.75 Å². The third kappa shape index (κ3) is 4.64. The van der Waals surface area contributed by atoms with E-state index < -0.39 is 0 Å².